The van der Waals surface area contributed by atoms with E-state index in [1.54, 1.807) is 24.3 Å². The number of nitrogens with zero attached hydrogens (tertiary/aromatic N) is 2. The minimum absolute atomic E-state index is 0.668. The highest BCUT2D eigenvalue weighted by Gasteiger charge is 2.04. The Hall–Kier alpha value is -1.39. The largest absolute Gasteiger partial charge is 0.312 e. The van der Waals surface area contributed by atoms with Crippen molar-refractivity contribution in [3.8, 4) is 0 Å². The molecule has 0 aliphatic carbocycles. The van der Waals surface area contributed by atoms with Crippen molar-refractivity contribution in [2.24, 2.45) is 5.92 Å². The highest BCUT2D eigenvalue weighted by atomic mass is 32.2. The lowest BCUT2D eigenvalue weighted by Crippen LogP contribution is -2.19. The molecular formula is C15H19N3S. The van der Waals surface area contributed by atoms with Crippen LogP contribution in [0.15, 0.2) is 52.8 Å². The fraction of sp³-hybridized carbons (Fsp3) is 0.333. The lowest BCUT2D eigenvalue weighted by atomic mass is 10.2. The fourth-order valence-corrected chi connectivity index (χ4v) is 2.57. The van der Waals surface area contributed by atoms with Crippen LogP contribution >= 0.6 is 11.8 Å². The molecule has 4 heteroatoms. The zero-order valence-corrected chi connectivity index (χ0v) is 12.2. The SMILES string of the molecule is CC(C)CNCc1ccccc1Sc1ccncn1. The van der Waals surface area contributed by atoms with Crippen molar-refractivity contribution >= 4 is 11.8 Å². The molecule has 0 aliphatic rings. The first-order valence-corrected chi connectivity index (χ1v) is 7.30. The van der Waals surface area contributed by atoms with E-state index in [0.717, 1.165) is 18.1 Å². The van der Waals surface area contributed by atoms with E-state index in [9.17, 15) is 0 Å². The summed E-state index contributed by atoms with van der Waals surface area (Å²) in [6.07, 6.45) is 3.36. The summed E-state index contributed by atoms with van der Waals surface area (Å²) in [5.74, 6) is 0.668. The van der Waals surface area contributed by atoms with Gasteiger partial charge < -0.3 is 5.32 Å². The van der Waals surface area contributed by atoms with Crippen LogP contribution in [0, 0.1) is 5.92 Å². The molecule has 2 rings (SSSR count). The van der Waals surface area contributed by atoms with Crippen LogP contribution in [-0.2, 0) is 6.54 Å². The maximum Gasteiger partial charge on any atom is 0.116 e. The molecule has 1 N–H and O–H groups in total. The van der Waals surface area contributed by atoms with Crippen LogP contribution in [0.25, 0.3) is 0 Å². The standard InChI is InChI=1S/C15H19N3S/c1-12(2)9-17-10-13-5-3-4-6-14(13)19-15-7-8-16-11-18-15/h3-8,11-12,17H,9-10H2,1-2H3. The zero-order valence-electron chi connectivity index (χ0n) is 11.3. The molecule has 3 nitrogen and oxygen atoms in total. The van der Waals surface area contributed by atoms with Gasteiger partial charge in [-0.3, -0.25) is 0 Å². The van der Waals surface area contributed by atoms with Gasteiger partial charge in [-0.25, -0.2) is 9.97 Å². The summed E-state index contributed by atoms with van der Waals surface area (Å²) in [5, 5.41) is 4.46. The molecule has 0 unspecified atom stereocenters. The Morgan fingerprint density at radius 1 is 1.21 bits per heavy atom. The summed E-state index contributed by atoms with van der Waals surface area (Å²) < 4.78 is 0. The molecule has 1 aromatic carbocycles. The number of nitrogens with one attached hydrogen (secondary N) is 1. The Kier molecular flexibility index (Phi) is 5.36. The molecule has 0 atom stereocenters. The van der Waals surface area contributed by atoms with E-state index in [0.29, 0.717) is 5.92 Å². The summed E-state index contributed by atoms with van der Waals surface area (Å²) in [5.41, 5.74) is 1.31. The highest BCUT2D eigenvalue weighted by molar-refractivity contribution is 7.99. The van der Waals surface area contributed by atoms with E-state index in [1.165, 1.54) is 10.5 Å². The Bertz CT molecular complexity index is 500. The lowest BCUT2D eigenvalue weighted by Gasteiger charge is -2.11. The predicted molar refractivity (Wildman–Crippen MR) is 79.1 cm³/mol. The van der Waals surface area contributed by atoms with Crippen molar-refractivity contribution in [1.82, 2.24) is 15.3 Å². The smallest absolute Gasteiger partial charge is 0.116 e. The van der Waals surface area contributed by atoms with E-state index >= 15 is 0 Å². The second kappa shape index (κ2) is 7.26. The van der Waals surface area contributed by atoms with Crippen molar-refractivity contribution in [2.75, 3.05) is 6.54 Å². The molecule has 0 saturated heterocycles. The fourth-order valence-electron chi connectivity index (χ4n) is 1.70. The Labute approximate surface area is 118 Å². The van der Waals surface area contributed by atoms with E-state index in [-0.39, 0.29) is 0 Å². The van der Waals surface area contributed by atoms with Gasteiger partial charge in [-0.05, 0) is 30.2 Å². The van der Waals surface area contributed by atoms with Gasteiger partial charge in [0.05, 0.1) is 0 Å². The topological polar surface area (TPSA) is 37.8 Å². The molecule has 2 aromatic rings. The van der Waals surface area contributed by atoms with Crippen molar-refractivity contribution in [3.05, 3.63) is 48.4 Å². The molecule has 1 heterocycles. The quantitative estimate of drug-likeness (QED) is 0.819. The molecule has 0 radical (unpaired) electrons. The maximum absolute atomic E-state index is 4.26. The summed E-state index contributed by atoms with van der Waals surface area (Å²) >= 11 is 1.68. The maximum atomic E-state index is 4.26. The van der Waals surface area contributed by atoms with Crippen LogP contribution in [0.4, 0.5) is 0 Å². The van der Waals surface area contributed by atoms with Crippen LogP contribution in [0.1, 0.15) is 19.4 Å². The monoisotopic (exact) mass is 273 g/mol. The van der Waals surface area contributed by atoms with Gasteiger partial charge in [0.15, 0.2) is 0 Å². The van der Waals surface area contributed by atoms with Crippen LogP contribution in [0.3, 0.4) is 0 Å². The third-order valence-electron chi connectivity index (χ3n) is 2.61. The number of aromatic nitrogens is 2. The molecule has 0 aliphatic heterocycles. The first-order chi connectivity index (χ1) is 9.25. The highest BCUT2D eigenvalue weighted by Crippen LogP contribution is 2.28. The van der Waals surface area contributed by atoms with Crippen LogP contribution < -0.4 is 5.32 Å². The number of benzene rings is 1. The third kappa shape index (κ3) is 4.65. The van der Waals surface area contributed by atoms with E-state index in [1.807, 2.05) is 6.07 Å². The van der Waals surface area contributed by atoms with Crippen LogP contribution in [-0.4, -0.2) is 16.5 Å². The second-order valence-electron chi connectivity index (χ2n) is 4.78. The molecule has 1 aromatic heterocycles. The molecule has 0 spiro atoms. The van der Waals surface area contributed by atoms with E-state index < -0.39 is 0 Å². The van der Waals surface area contributed by atoms with E-state index in [4.69, 9.17) is 0 Å². The van der Waals surface area contributed by atoms with Gasteiger partial charge >= 0.3 is 0 Å². The van der Waals surface area contributed by atoms with Crippen LogP contribution in [0.5, 0.6) is 0 Å². The normalized spacial score (nSPS) is 10.9. The summed E-state index contributed by atoms with van der Waals surface area (Å²) in [6.45, 7) is 6.36. The summed E-state index contributed by atoms with van der Waals surface area (Å²) in [7, 11) is 0. The molecule has 19 heavy (non-hydrogen) atoms. The van der Waals surface area contributed by atoms with Gasteiger partial charge in [0.2, 0.25) is 0 Å². The molecular weight excluding hydrogens is 254 g/mol. The minimum Gasteiger partial charge on any atom is -0.312 e. The average Bonchev–Trinajstić information content (AvgIpc) is 2.41. The third-order valence-corrected chi connectivity index (χ3v) is 3.68. The second-order valence-corrected chi connectivity index (χ2v) is 5.84. The molecule has 0 fully saturated rings. The first-order valence-electron chi connectivity index (χ1n) is 6.48. The number of hydrogen-bond donors (Lipinski definition) is 1. The average molecular weight is 273 g/mol. The van der Waals surface area contributed by atoms with Crippen LogP contribution in [0.2, 0.25) is 0 Å². The number of hydrogen-bond acceptors (Lipinski definition) is 4. The van der Waals surface area contributed by atoms with Gasteiger partial charge in [-0.15, -0.1) is 0 Å². The zero-order chi connectivity index (χ0) is 13.5. The van der Waals surface area contributed by atoms with Crippen molar-refractivity contribution in [1.29, 1.82) is 0 Å². The molecule has 0 saturated carbocycles. The predicted octanol–water partition coefficient (Wildman–Crippen LogP) is 3.37. The van der Waals surface area contributed by atoms with Gasteiger partial charge in [-0.1, -0.05) is 43.8 Å². The molecule has 0 bridgehead atoms. The lowest BCUT2D eigenvalue weighted by molar-refractivity contribution is 0.550. The minimum atomic E-state index is 0.668. The van der Waals surface area contributed by atoms with Gasteiger partial charge in [0, 0.05) is 17.6 Å². The Morgan fingerprint density at radius 3 is 2.79 bits per heavy atom. The first kappa shape index (κ1) is 14.0. The van der Waals surface area contributed by atoms with Crippen molar-refractivity contribution < 1.29 is 0 Å². The van der Waals surface area contributed by atoms with E-state index in [2.05, 4.69) is 53.4 Å². The van der Waals surface area contributed by atoms with Crippen molar-refractivity contribution in [3.63, 3.8) is 0 Å². The van der Waals surface area contributed by atoms with Crippen molar-refractivity contribution in [2.45, 2.75) is 30.3 Å². The Morgan fingerprint density at radius 2 is 2.05 bits per heavy atom. The molecule has 0 amide bonds. The summed E-state index contributed by atoms with van der Waals surface area (Å²) in [4.78, 5) is 9.44. The Balaban J connectivity index is 2.04. The number of rotatable bonds is 6. The molecule has 100 valence electrons. The summed E-state index contributed by atoms with van der Waals surface area (Å²) in [6, 6.07) is 10.4. The van der Waals surface area contributed by atoms with Gasteiger partial charge in [0.25, 0.3) is 0 Å². The van der Waals surface area contributed by atoms with Gasteiger partial charge in [0.1, 0.15) is 11.4 Å². The van der Waals surface area contributed by atoms with Gasteiger partial charge in [-0.2, -0.15) is 0 Å².